The second-order valence-corrected chi connectivity index (χ2v) is 7.77. The summed E-state index contributed by atoms with van der Waals surface area (Å²) in [6, 6.07) is 0. The number of hydrogen-bond donors (Lipinski definition) is 1. The van der Waals surface area contributed by atoms with Gasteiger partial charge in [0.05, 0.1) is 13.0 Å². The third-order valence-corrected chi connectivity index (χ3v) is 5.24. The number of esters is 1. The molecule has 0 spiro atoms. The first-order valence-corrected chi connectivity index (χ1v) is 11.6. The van der Waals surface area contributed by atoms with Gasteiger partial charge in [-0.3, -0.25) is 4.79 Å². The highest BCUT2D eigenvalue weighted by Crippen LogP contribution is 2.11. The van der Waals surface area contributed by atoms with E-state index in [9.17, 15) is 4.79 Å². The first kappa shape index (κ1) is 25.4. The Morgan fingerprint density at radius 1 is 0.808 bits per heavy atom. The summed E-state index contributed by atoms with van der Waals surface area (Å²) < 4.78 is 5.33. The summed E-state index contributed by atoms with van der Waals surface area (Å²) in [6.07, 6.45) is 18.7. The highest BCUT2D eigenvalue weighted by molar-refractivity contribution is 5.69. The molecule has 3 nitrogen and oxygen atoms in total. The molecule has 0 bridgehead atoms. The van der Waals surface area contributed by atoms with E-state index in [2.05, 4.69) is 26.1 Å². The zero-order valence-electron chi connectivity index (χ0n) is 18.1. The SMILES string of the molecule is CCCCCCCCCCCCOC(=O)CCNCC(CC)CCCC. The standard InChI is InChI=1S/C23H47NO2/c1-4-7-9-10-11-12-13-14-15-16-20-26-23(25)18-19-24-21-22(6-3)17-8-5-2/h22,24H,4-21H2,1-3H3. The van der Waals surface area contributed by atoms with Crippen molar-refractivity contribution in [1.82, 2.24) is 5.32 Å². The lowest BCUT2D eigenvalue weighted by Crippen LogP contribution is -2.25. The average molecular weight is 370 g/mol. The van der Waals surface area contributed by atoms with Gasteiger partial charge in [-0.05, 0) is 25.3 Å². The van der Waals surface area contributed by atoms with Gasteiger partial charge in [-0.15, -0.1) is 0 Å². The zero-order valence-corrected chi connectivity index (χ0v) is 18.1. The van der Waals surface area contributed by atoms with Crippen LogP contribution in [0.3, 0.4) is 0 Å². The van der Waals surface area contributed by atoms with Crippen molar-refractivity contribution in [3.63, 3.8) is 0 Å². The average Bonchev–Trinajstić information content (AvgIpc) is 2.65. The molecule has 0 fully saturated rings. The first-order chi connectivity index (χ1) is 12.7. The molecule has 0 aliphatic heterocycles. The fourth-order valence-corrected chi connectivity index (χ4v) is 3.29. The number of rotatable bonds is 20. The molecule has 1 unspecified atom stereocenters. The van der Waals surface area contributed by atoms with E-state index in [1.807, 2.05) is 0 Å². The molecule has 0 saturated heterocycles. The number of carbonyl (C=O) groups is 1. The van der Waals surface area contributed by atoms with Gasteiger partial charge in [0.15, 0.2) is 0 Å². The predicted octanol–water partition coefficient (Wildman–Crippen LogP) is 6.65. The zero-order chi connectivity index (χ0) is 19.3. The molecular formula is C23H47NO2. The number of nitrogens with one attached hydrogen (secondary N) is 1. The summed E-state index contributed by atoms with van der Waals surface area (Å²) in [5.41, 5.74) is 0. The summed E-state index contributed by atoms with van der Waals surface area (Å²) in [4.78, 5) is 11.7. The van der Waals surface area contributed by atoms with E-state index in [4.69, 9.17) is 4.74 Å². The predicted molar refractivity (Wildman–Crippen MR) is 114 cm³/mol. The molecule has 1 N–H and O–H groups in total. The van der Waals surface area contributed by atoms with Gasteiger partial charge < -0.3 is 10.1 Å². The Hall–Kier alpha value is -0.570. The van der Waals surface area contributed by atoms with E-state index < -0.39 is 0 Å². The van der Waals surface area contributed by atoms with Crippen LogP contribution in [0.15, 0.2) is 0 Å². The maximum Gasteiger partial charge on any atom is 0.307 e. The number of carbonyl (C=O) groups excluding carboxylic acids is 1. The van der Waals surface area contributed by atoms with Gasteiger partial charge in [0, 0.05) is 6.54 Å². The first-order valence-electron chi connectivity index (χ1n) is 11.6. The second-order valence-electron chi connectivity index (χ2n) is 7.77. The Kier molecular flexibility index (Phi) is 20.3. The molecule has 3 heteroatoms. The van der Waals surface area contributed by atoms with Gasteiger partial charge in [0.25, 0.3) is 0 Å². The Labute approximate surface area is 164 Å². The molecule has 0 aromatic rings. The third-order valence-electron chi connectivity index (χ3n) is 5.24. The normalized spacial score (nSPS) is 12.3. The summed E-state index contributed by atoms with van der Waals surface area (Å²) >= 11 is 0. The van der Waals surface area contributed by atoms with Gasteiger partial charge in [0.1, 0.15) is 0 Å². The highest BCUT2D eigenvalue weighted by Gasteiger charge is 2.06. The molecule has 0 aliphatic carbocycles. The van der Waals surface area contributed by atoms with Crippen LogP contribution in [0.4, 0.5) is 0 Å². The van der Waals surface area contributed by atoms with Crippen LogP contribution < -0.4 is 5.32 Å². The van der Waals surface area contributed by atoms with E-state index >= 15 is 0 Å². The van der Waals surface area contributed by atoms with Gasteiger partial charge in [-0.1, -0.05) is 97.8 Å². The molecule has 0 aliphatic rings. The molecule has 0 aromatic carbocycles. The van der Waals surface area contributed by atoms with Crippen LogP contribution in [-0.4, -0.2) is 25.7 Å². The van der Waals surface area contributed by atoms with Crippen molar-refractivity contribution in [3.05, 3.63) is 0 Å². The molecule has 0 amide bonds. The maximum absolute atomic E-state index is 11.7. The van der Waals surface area contributed by atoms with Crippen molar-refractivity contribution in [2.45, 2.75) is 117 Å². The Morgan fingerprint density at radius 2 is 1.38 bits per heavy atom. The number of unbranched alkanes of at least 4 members (excludes halogenated alkanes) is 10. The molecule has 0 radical (unpaired) electrons. The van der Waals surface area contributed by atoms with Crippen molar-refractivity contribution in [3.8, 4) is 0 Å². The van der Waals surface area contributed by atoms with Crippen LogP contribution >= 0.6 is 0 Å². The van der Waals surface area contributed by atoms with E-state index in [0.717, 1.165) is 25.4 Å². The molecular weight excluding hydrogens is 322 g/mol. The third kappa shape index (κ3) is 18.2. The van der Waals surface area contributed by atoms with Crippen molar-refractivity contribution in [2.24, 2.45) is 5.92 Å². The number of hydrogen-bond acceptors (Lipinski definition) is 3. The van der Waals surface area contributed by atoms with Crippen LogP contribution in [0, 0.1) is 5.92 Å². The minimum atomic E-state index is -0.0463. The van der Waals surface area contributed by atoms with Crippen molar-refractivity contribution in [1.29, 1.82) is 0 Å². The minimum absolute atomic E-state index is 0.0463. The van der Waals surface area contributed by atoms with Crippen LogP contribution in [0.2, 0.25) is 0 Å². The lowest BCUT2D eigenvalue weighted by atomic mass is 9.99. The Balaban J connectivity index is 3.31. The van der Waals surface area contributed by atoms with E-state index in [-0.39, 0.29) is 5.97 Å². The van der Waals surface area contributed by atoms with Gasteiger partial charge in [0.2, 0.25) is 0 Å². The van der Waals surface area contributed by atoms with E-state index in [1.54, 1.807) is 0 Å². The van der Waals surface area contributed by atoms with Gasteiger partial charge in [-0.25, -0.2) is 0 Å². The lowest BCUT2D eigenvalue weighted by Gasteiger charge is -2.15. The fourth-order valence-electron chi connectivity index (χ4n) is 3.29. The fraction of sp³-hybridized carbons (Fsp3) is 0.957. The van der Waals surface area contributed by atoms with Crippen molar-refractivity contribution in [2.75, 3.05) is 19.7 Å². The summed E-state index contributed by atoms with van der Waals surface area (Å²) in [7, 11) is 0. The number of ether oxygens (including phenoxy) is 1. The van der Waals surface area contributed by atoms with E-state index in [0.29, 0.717) is 13.0 Å². The Bertz CT molecular complexity index is 294. The topological polar surface area (TPSA) is 38.3 Å². The largest absolute Gasteiger partial charge is 0.466 e. The van der Waals surface area contributed by atoms with Crippen molar-refractivity contribution < 1.29 is 9.53 Å². The minimum Gasteiger partial charge on any atom is -0.466 e. The van der Waals surface area contributed by atoms with Crippen LogP contribution in [0.5, 0.6) is 0 Å². The quantitative estimate of drug-likeness (QED) is 0.193. The maximum atomic E-state index is 11.7. The molecule has 0 heterocycles. The lowest BCUT2D eigenvalue weighted by molar-refractivity contribution is -0.143. The second kappa shape index (κ2) is 20.7. The monoisotopic (exact) mass is 369 g/mol. The van der Waals surface area contributed by atoms with Crippen LogP contribution in [-0.2, 0) is 9.53 Å². The van der Waals surface area contributed by atoms with E-state index in [1.165, 1.54) is 83.5 Å². The summed E-state index contributed by atoms with van der Waals surface area (Å²) in [5, 5.41) is 3.42. The summed E-state index contributed by atoms with van der Waals surface area (Å²) in [5.74, 6) is 0.702. The van der Waals surface area contributed by atoms with Crippen molar-refractivity contribution >= 4 is 5.97 Å². The Morgan fingerprint density at radius 3 is 1.96 bits per heavy atom. The summed E-state index contributed by atoms with van der Waals surface area (Å²) in [6.45, 7) is 9.14. The highest BCUT2D eigenvalue weighted by atomic mass is 16.5. The molecule has 0 aromatic heterocycles. The molecule has 0 rings (SSSR count). The van der Waals surface area contributed by atoms with Gasteiger partial charge in [-0.2, -0.15) is 0 Å². The smallest absolute Gasteiger partial charge is 0.307 e. The molecule has 0 saturated carbocycles. The van der Waals surface area contributed by atoms with Gasteiger partial charge >= 0.3 is 5.97 Å². The van der Waals surface area contributed by atoms with Crippen LogP contribution in [0.1, 0.15) is 117 Å². The molecule has 156 valence electrons. The van der Waals surface area contributed by atoms with Crippen LogP contribution in [0.25, 0.3) is 0 Å². The molecule has 1 atom stereocenters. The molecule has 26 heavy (non-hydrogen) atoms.